The Hall–Kier alpha value is -3.16. The van der Waals surface area contributed by atoms with Crippen molar-refractivity contribution in [3.05, 3.63) is 66.6 Å². The molecule has 2 aromatic heterocycles. The first-order valence-electron chi connectivity index (χ1n) is 9.81. The number of nitrogens with zero attached hydrogens (tertiary/aromatic N) is 5. The van der Waals surface area contributed by atoms with Crippen LogP contribution in [-0.2, 0) is 6.18 Å². The number of rotatable bonds is 4. The van der Waals surface area contributed by atoms with E-state index in [1.165, 1.54) is 12.4 Å². The lowest BCUT2D eigenvalue weighted by Gasteiger charge is -2.38. The van der Waals surface area contributed by atoms with Crippen molar-refractivity contribution in [3.8, 4) is 11.4 Å². The van der Waals surface area contributed by atoms with Gasteiger partial charge in [-0.25, -0.2) is 9.97 Å². The number of para-hydroxylation sites is 1. The second-order valence-corrected chi connectivity index (χ2v) is 7.33. The Morgan fingerprint density at radius 3 is 2.27 bits per heavy atom. The van der Waals surface area contributed by atoms with Crippen molar-refractivity contribution in [1.29, 1.82) is 0 Å². The zero-order valence-corrected chi connectivity index (χ0v) is 16.5. The van der Waals surface area contributed by atoms with Crippen LogP contribution >= 0.6 is 0 Å². The van der Waals surface area contributed by atoms with E-state index in [0.29, 0.717) is 30.5 Å². The third-order valence-corrected chi connectivity index (χ3v) is 5.44. The molecule has 5 nitrogen and oxygen atoms in total. The molecule has 0 spiro atoms. The summed E-state index contributed by atoms with van der Waals surface area (Å²) in [6.07, 6.45) is 0.168. The number of pyridine rings is 1. The Labute approximate surface area is 173 Å². The first-order valence-corrected chi connectivity index (χ1v) is 9.81. The summed E-state index contributed by atoms with van der Waals surface area (Å²) in [5.41, 5.74) is 0.719. The molecule has 1 saturated heterocycles. The van der Waals surface area contributed by atoms with E-state index in [1.54, 1.807) is 12.1 Å². The zero-order valence-electron chi connectivity index (χ0n) is 16.5. The molecule has 156 valence electrons. The number of benzene rings is 1. The number of hydrogen-bond donors (Lipinski definition) is 0. The molecule has 1 fully saturated rings. The molecule has 30 heavy (non-hydrogen) atoms. The maximum atomic E-state index is 13.5. The molecule has 0 saturated carbocycles. The summed E-state index contributed by atoms with van der Waals surface area (Å²) >= 11 is 0. The molecule has 4 rings (SSSR count). The maximum absolute atomic E-state index is 13.5. The fourth-order valence-corrected chi connectivity index (χ4v) is 3.73. The number of anilines is 2. The van der Waals surface area contributed by atoms with E-state index in [-0.39, 0.29) is 5.82 Å². The highest BCUT2D eigenvalue weighted by molar-refractivity contribution is 5.58. The van der Waals surface area contributed by atoms with Crippen LogP contribution in [0.15, 0.2) is 60.9 Å². The van der Waals surface area contributed by atoms with Crippen LogP contribution in [-0.4, -0.2) is 41.1 Å². The molecule has 0 bridgehead atoms. The molecule has 0 radical (unpaired) electrons. The van der Waals surface area contributed by atoms with Crippen molar-refractivity contribution in [2.24, 2.45) is 0 Å². The molecule has 8 heteroatoms. The van der Waals surface area contributed by atoms with E-state index in [9.17, 15) is 13.2 Å². The average Bonchev–Trinajstić information content (AvgIpc) is 2.79. The second kappa shape index (κ2) is 8.30. The van der Waals surface area contributed by atoms with Gasteiger partial charge in [0.25, 0.3) is 0 Å². The summed E-state index contributed by atoms with van der Waals surface area (Å²) in [6, 6.07) is 14.7. The molecule has 0 amide bonds. The molecule has 0 N–H and O–H groups in total. The number of hydrogen-bond acceptors (Lipinski definition) is 5. The van der Waals surface area contributed by atoms with Crippen LogP contribution in [0.4, 0.5) is 24.7 Å². The maximum Gasteiger partial charge on any atom is 0.433 e. The molecule has 0 aliphatic carbocycles. The minimum atomic E-state index is -4.54. The number of aromatic nitrogens is 3. The van der Waals surface area contributed by atoms with Crippen molar-refractivity contribution in [3.63, 3.8) is 0 Å². The highest BCUT2D eigenvalue weighted by Gasteiger charge is 2.35. The van der Waals surface area contributed by atoms with Gasteiger partial charge in [0.05, 0.1) is 0 Å². The van der Waals surface area contributed by atoms with E-state index >= 15 is 0 Å². The molecule has 0 atom stereocenters. The van der Waals surface area contributed by atoms with Gasteiger partial charge in [0.15, 0.2) is 11.5 Å². The van der Waals surface area contributed by atoms with E-state index < -0.39 is 11.9 Å². The lowest BCUT2D eigenvalue weighted by molar-refractivity contribution is -0.141. The summed E-state index contributed by atoms with van der Waals surface area (Å²) < 4.78 is 40.4. The lowest BCUT2D eigenvalue weighted by atomic mass is 10.0. The van der Waals surface area contributed by atoms with Gasteiger partial charge in [-0.2, -0.15) is 13.2 Å². The quantitative estimate of drug-likeness (QED) is 0.622. The van der Waals surface area contributed by atoms with Gasteiger partial charge in [0, 0.05) is 55.9 Å². The average molecular weight is 413 g/mol. The van der Waals surface area contributed by atoms with Crippen LogP contribution < -0.4 is 9.80 Å². The third kappa shape index (κ3) is 4.37. The van der Waals surface area contributed by atoms with Gasteiger partial charge in [0.2, 0.25) is 0 Å². The molecule has 3 aromatic rings. The van der Waals surface area contributed by atoms with E-state index in [4.69, 9.17) is 0 Å². The third-order valence-electron chi connectivity index (χ3n) is 5.44. The summed E-state index contributed by atoms with van der Waals surface area (Å²) in [5.74, 6) is 0.371. The number of piperidine rings is 1. The minimum absolute atomic E-state index is 0.0609. The van der Waals surface area contributed by atoms with Crippen molar-refractivity contribution >= 4 is 11.5 Å². The van der Waals surface area contributed by atoms with Crippen molar-refractivity contribution in [2.45, 2.75) is 25.1 Å². The molecular formula is C22H22F3N5. The predicted molar refractivity (Wildman–Crippen MR) is 110 cm³/mol. The zero-order chi connectivity index (χ0) is 21.1. The van der Waals surface area contributed by atoms with Gasteiger partial charge in [-0.05, 0) is 37.1 Å². The van der Waals surface area contributed by atoms with Gasteiger partial charge < -0.3 is 9.80 Å². The highest BCUT2D eigenvalue weighted by Crippen LogP contribution is 2.33. The second-order valence-electron chi connectivity index (χ2n) is 7.33. The number of alkyl halides is 3. The van der Waals surface area contributed by atoms with Crippen LogP contribution in [0.3, 0.4) is 0 Å². The molecule has 1 aliphatic heterocycles. The minimum Gasteiger partial charge on any atom is -0.371 e. The van der Waals surface area contributed by atoms with Crippen molar-refractivity contribution < 1.29 is 13.2 Å². The molecule has 0 unspecified atom stereocenters. The topological polar surface area (TPSA) is 45.2 Å². The van der Waals surface area contributed by atoms with Gasteiger partial charge in [-0.15, -0.1) is 0 Å². The van der Waals surface area contributed by atoms with Crippen LogP contribution in [0.1, 0.15) is 18.5 Å². The van der Waals surface area contributed by atoms with Crippen LogP contribution in [0, 0.1) is 0 Å². The predicted octanol–water partition coefficient (Wildman–Crippen LogP) is 4.66. The van der Waals surface area contributed by atoms with Gasteiger partial charge >= 0.3 is 6.18 Å². The van der Waals surface area contributed by atoms with E-state index in [2.05, 4.69) is 39.0 Å². The summed E-state index contributed by atoms with van der Waals surface area (Å²) in [4.78, 5) is 16.3. The van der Waals surface area contributed by atoms with Gasteiger partial charge in [-0.3, -0.25) is 4.98 Å². The standard InChI is InChI=1S/C22H22F3N5/c1-29(17-5-3-2-4-6-17)18-9-13-30(14-10-18)20-15-19(22(23,24)25)27-21(28-20)16-7-11-26-12-8-16/h2-8,11-12,15,18H,9-10,13-14H2,1H3. The Kier molecular flexibility index (Phi) is 5.57. The summed E-state index contributed by atoms with van der Waals surface area (Å²) in [6.45, 7) is 1.26. The van der Waals surface area contributed by atoms with Crippen LogP contribution in [0.25, 0.3) is 11.4 Å². The van der Waals surface area contributed by atoms with Gasteiger partial charge in [0.1, 0.15) is 5.82 Å². The molecule has 3 heterocycles. The van der Waals surface area contributed by atoms with Crippen molar-refractivity contribution in [1.82, 2.24) is 15.0 Å². The lowest BCUT2D eigenvalue weighted by Crippen LogP contribution is -2.44. The Balaban J connectivity index is 1.56. The molecule has 1 aliphatic rings. The first-order chi connectivity index (χ1) is 14.4. The van der Waals surface area contributed by atoms with Crippen LogP contribution in [0.5, 0.6) is 0 Å². The molecule has 1 aromatic carbocycles. The normalized spacial score (nSPS) is 15.3. The summed E-state index contributed by atoms with van der Waals surface area (Å²) in [5, 5.41) is 0. The Morgan fingerprint density at radius 2 is 1.63 bits per heavy atom. The molecular weight excluding hydrogens is 391 g/mol. The van der Waals surface area contributed by atoms with Crippen molar-refractivity contribution in [2.75, 3.05) is 29.9 Å². The van der Waals surface area contributed by atoms with E-state index in [0.717, 1.165) is 24.6 Å². The first kappa shape index (κ1) is 20.1. The Morgan fingerprint density at radius 1 is 0.967 bits per heavy atom. The monoisotopic (exact) mass is 413 g/mol. The summed E-state index contributed by atoms with van der Waals surface area (Å²) in [7, 11) is 2.06. The SMILES string of the molecule is CN(c1ccccc1)C1CCN(c2cc(C(F)(F)F)nc(-c3ccncc3)n2)CC1. The van der Waals surface area contributed by atoms with Crippen LogP contribution in [0.2, 0.25) is 0 Å². The fraction of sp³-hybridized carbons (Fsp3) is 0.318. The number of halogens is 3. The smallest absolute Gasteiger partial charge is 0.371 e. The fourth-order valence-electron chi connectivity index (χ4n) is 3.73. The van der Waals surface area contributed by atoms with Gasteiger partial charge in [-0.1, -0.05) is 18.2 Å². The largest absolute Gasteiger partial charge is 0.433 e. The Bertz CT molecular complexity index is 971. The highest BCUT2D eigenvalue weighted by atomic mass is 19.4. The van der Waals surface area contributed by atoms with E-state index in [1.807, 2.05) is 23.1 Å².